The Labute approximate surface area is 125 Å². The molecule has 0 radical (unpaired) electrons. The lowest BCUT2D eigenvalue weighted by atomic mass is 10.3. The van der Waals surface area contributed by atoms with Crippen molar-refractivity contribution < 1.29 is 0 Å². The first-order chi connectivity index (χ1) is 9.83. The zero-order chi connectivity index (χ0) is 13.8. The minimum atomic E-state index is 0.809. The van der Waals surface area contributed by atoms with Crippen LogP contribution in [0.3, 0.4) is 0 Å². The van der Waals surface area contributed by atoms with E-state index in [-0.39, 0.29) is 0 Å². The molecule has 0 aliphatic heterocycles. The minimum Gasteiger partial charge on any atom is -0.381 e. The van der Waals surface area contributed by atoms with Gasteiger partial charge in [0.2, 0.25) is 0 Å². The van der Waals surface area contributed by atoms with E-state index >= 15 is 0 Å². The molecular formula is C14H14BrN5. The van der Waals surface area contributed by atoms with Gasteiger partial charge in [-0.3, -0.25) is 4.68 Å². The van der Waals surface area contributed by atoms with E-state index in [4.69, 9.17) is 0 Å². The highest BCUT2D eigenvalue weighted by Gasteiger charge is 2.03. The van der Waals surface area contributed by atoms with Gasteiger partial charge in [-0.2, -0.15) is 10.2 Å². The van der Waals surface area contributed by atoms with Gasteiger partial charge in [0.15, 0.2) is 0 Å². The second kappa shape index (κ2) is 5.92. The van der Waals surface area contributed by atoms with Crippen molar-refractivity contribution in [1.29, 1.82) is 0 Å². The zero-order valence-electron chi connectivity index (χ0n) is 10.8. The predicted octanol–water partition coefficient (Wildman–Crippen LogP) is 2.94. The van der Waals surface area contributed by atoms with E-state index in [1.165, 1.54) is 0 Å². The van der Waals surface area contributed by atoms with Crippen LogP contribution in [0.15, 0.2) is 59.6 Å². The van der Waals surface area contributed by atoms with E-state index in [0.717, 1.165) is 28.9 Å². The quantitative estimate of drug-likeness (QED) is 0.781. The van der Waals surface area contributed by atoms with Crippen molar-refractivity contribution >= 4 is 21.6 Å². The molecule has 0 spiro atoms. The molecule has 0 bridgehead atoms. The van der Waals surface area contributed by atoms with Gasteiger partial charge in [0.1, 0.15) is 0 Å². The Morgan fingerprint density at radius 3 is 2.85 bits per heavy atom. The largest absolute Gasteiger partial charge is 0.381 e. The van der Waals surface area contributed by atoms with Crippen LogP contribution in [-0.4, -0.2) is 26.1 Å². The number of aromatic nitrogens is 4. The van der Waals surface area contributed by atoms with Crippen LogP contribution < -0.4 is 5.32 Å². The van der Waals surface area contributed by atoms with Crippen LogP contribution in [0.2, 0.25) is 0 Å². The van der Waals surface area contributed by atoms with Gasteiger partial charge >= 0.3 is 0 Å². The van der Waals surface area contributed by atoms with Crippen LogP contribution in [0.4, 0.5) is 5.69 Å². The smallest absolute Gasteiger partial charge is 0.0788 e. The number of anilines is 1. The van der Waals surface area contributed by atoms with Crippen molar-refractivity contribution in [3.05, 3.63) is 59.6 Å². The molecule has 20 heavy (non-hydrogen) atoms. The van der Waals surface area contributed by atoms with Crippen molar-refractivity contribution in [3.63, 3.8) is 0 Å². The summed E-state index contributed by atoms with van der Waals surface area (Å²) >= 11 is 3.53. The van der Waals surface area contributed by atoms with Crippen molar-refractivity contribution in [2.45, 2.75) is 6.54 Å². The Hall–Kier alpha value is -2.08. The highest BCUT2D eigenvalue weighted by molar-refractivity contribution is 9.10. The monoisotopic (exact) mass is 331 g/mol. The van der Waals surface area contributed by atoms with Crippen LogP contribution in [0.5, 0.6) is 0 Å². The molecule has 102 valence electrons. The summed E-state index contributed by atoms with van der Waals surface area (Å²) in [5.41, 5.74) is 2.01. The summed E-state index contributed by atoms with van der Waals surface area (Å²) in [7, 11) is 0. The van der Waals surface area contributed by atoms with Crippen LogP contribution in [0.1, 0.15) is 0 Å². The molecule has 0 aliphatic rings. The molecule has 1 aromatic carbocycles. The summed E-state index contributed by atoms with van der Waals surface area (Å²) in [5.74, 6) is 0. The van der Waals surface area contributed by atoms with Gasteiger partial charge in [-0.1, -0.05) is 12.1 Å². The first-order valence-corrected chi connectivity index (χ1v) is 7.13. The molecule has 0 fully saturated rings. The first kappa shape index (κ1) is 12.9. The molecule has 2 heterocycles. The standard InChI is InChI=1S/C14H14BrN5/c15-13-4-1-2-5-14(13)20-11-12(10-18-20)16-7-9-19-8-3-6-17-19/h1-6,8,10-11,16H,7,9H2. The Balaban J connectivity index is 1.64. The van der Waals surface area contributed by atoms with Crippen molar-refractivity contribution in [2.75, 3.05) is 11.9 Å². The summed E-state index contributed by atoms with van der Waals surface area (Å²) < 4.78 is 4.76. The maximum atomic E-state index is 4.36. The molecule has 2 aromatic heterocycles. The molecule has 1 N–H and O–H groups in total. The van der Waals surface area contributed by atoms with Gasteiger partial charge in [-0.05, 0) is 34.1 Å². The van der Waals surface area contributed by atoms with E-state index in [0.29, 0.717) is 0 Å². The lowest BCUT2D eigenvalue weighted by molar-refractivity contribution is 0.638. The molecule has 0 saturated heterocycles. The van der Waals surface area contributed by atoms with E-state index < -0.39 is 0 Å². The number of nitrogens with zero attached hydrogens (tertiary/aromatic N) is 4. The molecule has 0 unspecified atom stereocenters. The number of halogens is 1. The maximum Gasteiger partial charge on any atom is 0.0788 e. The predicted molar refractivity (Wildman–Crippen MR) is 82.0 cm³/mol. The highest BCUT2D eigenvalue weighted by atomic mass is 79.9. The summed E-state index contributed by atoms with van der Waals surface area (Å²) in [6, 6.07) is 9.92. The lowest BCUT2D eigenvalue weighted by Crippen LogP contribution is -2.10. The van der Waals surface area contributed by atoms with Crippen molar-refractivity contribution in [1.82, 2.24) is 19.6 Å². The van der Waals surface area contributed by atoms with Gasteiger partial charge in [-0.25, -0.2) is 4.68 Å². The Bertz CT molecular complexity index is 674. The topological polar surface area (TPSA) is 47.7 Å². The lowest BCUT2D eigenvalue weighted by Gasteiger charge is -2.04. The third-order valence-electron chi connectivity index (χ3n) is 2.91. The normalized spacial score (nSPS) is 10.7. The number of hydrogen-bond acceptors (Lipinski definition) is 3. The summed E-state index contributed by atoms with van der Waals surface area (Å²) in [6.45, 7) is 1.64. The van der Waals surface area contributed by atoms with Gasteiger partial charge in [-0.15, -0.1) is 0 Å². The average Bonchev–Trinajstić information content (AvgIpc) is 3.11. The van der Waals surface area contributed by atoms with Gasteiger partial charge in [0, 0.05) is 23.4 Å². The zero-order valence-corrected chi connectivity index (χ0v) is 12.4. The number of nitrogens with one attached hydrogen (secondary N) is 1. The van der Waals surface area contributed by atoms with E-state index in [1.54, 1.807) is 6.20 Å². The second-order valence-corrected chi connectivity index (χ2v) is 5.18. The van der Waals surface area contributed by atoms with E-state index in [2.05, 4.69) is 31.4 Å². The van der Waals surface area contributed by atoms with Crippen LogP contribution in [0.25, 0.3) is 5.69 Å². The molecule has 0 aliphatic carbocycles. The second-order valence-electron chi connectivity index (χ2n) is 4.32. The van der Waals surface area contributed by atoms with Crippen LogP contribution in [0, 0.1) is 0 Å². The van der Waals surface area contributed by atoms with Crippen LogP contribution in [-0.2, 0) is 6.54 Å². The molecule has 3 rings (SSSR count). The molecular weight excluding hydrogens is 318 g/mol. The van der Waals surface area contributed by atoms with E-state index in [9.17, 15) is 0 Å². The third-order valence-corrected chi connectivity index (χ3v) is 3.58. The Morgan fingerprint density at radius 2 is 2.05 bits per heavy atom. The van der Waals surface area contributed by atoms with Gasteiger partial charge in [0.05, 0.1) is 30.3 Å². The first-order valence-electron chi connectivity index (χ1n) is 6.34. The fraction of sp³-hybridized carbons (Fsp3) is 0.143. The molecule has 0 atom stereocenters. The molecule has 0 saturated carbocycles. The van der Waals surface area contributed by atoms with Crippen molar-refractivity contribution in [2.24, 2.45) is 0 Å². The van der Waals surface area contributed by atoms with Crippen LogP contribution >= 0.6 is 15.9 Å². The number of hydrogen-bond donors (Lipinski definition) is 1. The third kappa shape index (κ3) is 2.91. The summed E-state index contributed by atoms with van der Waals surface area (Å²) in [6.07, 6.45) is 7.53. The highest BCUT2D eigenvalue weighted by Crippen LogP contribution is 2.20. The molecule has 5 nitrogen and oxygen atoms in total. The fourth-order valence-corrected chi connectivity index (χ4v) is 2.40. The fourth-order valence-electron chi connectivity index (χ4n) is 1.93. The Kier molecular flexibility index (Phi) is 3.83. The number of benzene rings is 1. The van der Waals surface area contributed by atoms with Gasteiger partial charge < -0.3 is 5.32 Å². The Morgan fingerprint density at radius 1 is 1.15 bits per heavy atom. The summed E-state index contributed by atoms with van der Waals surface area (Å²) in [5, 5.41) is 11.9. The number of para-hydroxylation sites is 1. The maximum absolute atomic E-state index is 4.36. The molecule has 3 aromatic rings. The molecule has 0 amide bonds. The summed E-state index contributed by atoms with van der Waals surface area (Å²) in [4.78, 5) is 0. The molecule has 6 heteroatoms. The van der Waals surface area contributed by atoms with Crippen molar-refractivity contribution in [3.8, 4) is 5.69 Å². The van der Waals surface area contributed by atoms with Gasteiger partial charge in [0.25, 0.3) is 0 Å². The SMILES string of the molecule is Brc1ccccc1-n1cc(NCCn2cccn2)cn1. The number of rotatable bonds is 5. The average molecular weight is 332 g/mol. The minimum absolute atomic E-state index is 0.809. The van der Waals surface area contributed by atoms with E-state index in [1.807, 2.05) is 58.3 Å².